The maximum absolute atomic E-state index is 12.9. The van der Waals surface area contributed by atoms with Crippen LogP contribution >= 0.6 is 11.3 Å². The highest BCUT2D eigenvalue weighted by atomic mass is 32.1. The van der Waals surface area contributed by atoms with Gasteiger partial charge < -0.3 is 9.80 Å². The number of aryl methyl sites for hydroxylation is 3. The summed E-state index contributed by atoms with van der Waals surface area (Å²) in [5.41, 5.74) is 3.62. The summed E-state index contributed by atoms with van der Waals surface area (Å²) in [7, 11) is 0. The molecule has 1 saturated heterocycles. The van der Waals surface area contributed by atoms with Crippen LogP contribution in [-0.4, -0.2) is 51.8 Å². The maximum atomic E-state index is 12.9. The molecule has 3 rings (SSSR count). The number of amides is 1. The lowest BCUT2D eigenvalue weighted by atomic mass is 10.1. The normalized spacial score (nSPS) is 15.3. The highest BCUT2D eigenvalue weighted by Gasteiger charge is 2.27. The summed E-state index contributed by atoms with van der Waals surface area (Å²) in [4.78, 5) is 21.6. The molecule has 1 fully saturated rings. The zero-order chi connectivity index (χ0) is 16.6. The van der Waals surface area contributed by atoms with Gasteiger partial charge in [-0.2, -0.15) is 5.10 Å². The number of carbonyl (C=O) groups is 1. The summed E-state index contributed by atoms with van der Waals surface area (Å²) in [6.45, 7) is 11.9. The van der Waals surface area contributed by atoms with Crippen LogP contribution in [0.2, 0.25) is 0 Å². The molecular weight excluding hydrogens is 310 g/mol. The SMILES string of the molecule is CCn1nc(C)c(C(=O)N2CCN(c3nc(C)cs3)CC2)c1C. The van der Waals surface area contributed by atoms with Crippen LogP contribution in [0.4, 0.5) is 5.13 Å². The van der Waals surface area contributed by atoms with E-state index in [2.05, 4.69) is 20.4 Å². The van der Waals surface area contributed by atoms with Crippen molar-refractivity contribution in [2.45, 2.75) is 34.2 Å². The predicted octanol–water partition coefficient (Wildman–Crippen LogP) is 2.25. The predicted molar refractivity (Wildman–Crippen MR) is 92.3 cm³/mol. The molecule has 0 atom stereocenters. The second-order valence-corrected chi connectivity index (χ2v) is 6.75. The van der Waals surface area contributed by atoms with Gasteiger partial charge >= 0.3 is 0 Å². The van der Waals surface area contributed by atoms with E-state index in [0.717, 1.165) is 60.5 Å². The number of carbonyl (C=O) groups excluding carboxylic acids is 1. The Morgan fingerprint density at radius 1 is 1.22 bits per heavy atom. The molecule has 3 heterocycles. The zero-order valence-electron chi connectivity index (χ0n) is 14.2. The molecule has 0 saturated carbocycles. The van der Waals surface area contributed by atoms with Crippen molar-refractivity contribution in [3.8, 4) is 0 Å². The molecule has 0 aliphatic carbocycles. The molecule has 1 aliphatic heterocycles. The molecule has 1 amide bonds. The summed E-state index contributed by atoms with van der Waals surface area (Å²) in [5, 5.41) is 7.58. The van der Waals surface area contributed by atoms with Crippen molar-refractivity contribution in [1.82, 2.24) is 19.7 Å². The number of nitrogens with zero attached hydrogens (tertiary/aromatic N) is 5. The van der Waals surface area contributed by atoms with Crippen LogP contribution in [0.25, 0.3) is 0 Å². The minimum absolute atomic E-state index is 0.106. The molecule has 2 aromatic heterocycles. The van der Waals surface area contributed by atoms with Crippen LogP contribution in [-0.2, 0) is 6.54 Å². The minimum Gasteiger partial charge on any atom is -0.345 e. The highest BCUT2D eigenvalue weighted by molar-refractivity contribution is 7.13. The third-order valence-electron chi connectivity index (χ3n) is 4.34. The summed E-state index contributed by atoms with van der Waals surface area (Å²) < 4.78 is 1.90. The van der Waals surface area contributed by atoms with E-state index < -0.39 is 0 Å². The van der Waals surface area contributed by atoms with Gasteiger partial charge in [0.15, 0.2) is 5.13 Å². The first-order valence-electron chi connectivity index (χ1n) is 8.01. The summed E-state index contributed by atoms with van der Waals surface area (Å²) in [6.07, 6.45) is 0. The first kappa shape index (κ1) is 16.0. The molecule has 124 valence electrons. The van der Waals surface area contributed by atoms with Gasteiger partial charge in [0.2, 0.25) is 0 Å². The topological polar surface area (TPSA) is 54.3 Å². The molecule has 0 bridgehead atoms. The first-order valence-corrected chi connectivity index (χ1v) is 8.89. The Labute approximate surface area is 140 Å². The lowest BCUT2D eigenvalue weighted by Crippen LogP contribution is -2.49. The standard InChI is InChI=1S/C16H23N5OS/c1-5-21-13(4)14(12(3)18-21)15(22)19-6-8-20(9-7-19)16-17-11(2)10-23-16/h10H,5-9H2,1-4H3. The molecule has 1 aliphatic rings. The second kappa shape index (κ2) is 6.31. The molecule has 0 unspecified atom stereocenters. The summed E-state index contributed by atoms with van der Waals surface area (Å²) in [6, 6.07) is 0. The summed E-state index contributed by atoms with van der Waals surface area (Å²) >= 11 is 1.67. The molecule has 2 aromatic rings. The largest absolute Gasteiger partial charge is 0.345 e. The molecule has 7 heteroatoms. The molecule has 6 nitrogen and oxygen atoms in total. The number of piperazine rings is 1. The lowest BCUT2D eigenvalue weighted by Gasteiger charge is -2.34. The van der Waals surface area contributed by atoms with Crippen LogP contribution in [0.5, 0.6) is 0 Å². The van der Waals surface area contributed by atoms with E-state index in [1.54, 1.807) is 11.3 Å². The van der Waals surface area contributed by atoms with Crippen molar-refractivity contribution in [3.05, 3.63) is 28.0 Å². The number of thiazole rings is 1. The third-order valence-corrected chi connectivity index (χ3v) is 5.36. The van der Waals surface area contributed by atoms with E-state index in [1.165, 1.54) is 0 Å². The van der Waals surface area contributed by atoms with Crippen molar-refractivity contribution in [2.24, 2.45) is 0 Å². The third kappa shape index (κ3) is 2.97. The van der Waals surface area contributed by atoms with Gasteiger partial charge in [0.1, 0.15) is 0 Å². The van der Waals surface area contributed by atoms with Gasteiger partial charge in [-0.25, -0.2) is 4.98 Å². The number of aromatic nitrogens is 3. The number of hydrogen-bond donors (Lipinski definition) is 0. The molecule has 23 heavy (non-hydrogen) atoms. The Hall–Kier alpha value is -1.89. The molecule has 0 N–H and O–H groups in total. The van der Waals surface area contributed by atoms with Gasteiger partial charge in [-0.05, 0) is 27.7 Å². The van der Waals surface area contributed by atoms with Crippen molar-refractivity contribution >= 4 is 22.4 Å². The van der Waals surface area contributed by atoms with E-state index in [0.29, 0.717) is 0 Å². The Morgan fingerprint density at radius 3 is 2.43 bits per heavy atom. The molecule has 0 radical (unpaired) electrons. The van der Waals surface area contributed by atoms with Gasteiger partial charge in [-0.15, -0.1) is 11.3 Å². The Balaban J connectivity index is 1.70. The van der Waals surface area contributed by atoms with E-state index in [-0.39, 0.29) is 5.91 Å². The highest BCUT2D eigenvalue weighted by Crippen LogP contribution is 2.23. The Bertz CT molecular complexity index is 712. The zero-order valence-corrected chi connectivity index (χ0v) is 15.0. The fraction of sp³-hybridized carbons (Fsp3) is 0.562. The van der Waals surface area contributed by atoms with Crippen molar-refractivity contribution in [3.63, 3.8) is 0 Å². The Morgan fingerprint density at radius 2 is 1.91 bits per heavy atom. The number of anilines is 1. The van der Waals surface area contributed by atoms with Crippen LogP contribution in [0.3, 0.4) is 0 Å². The smallest absolute Gasteiger partial charge is 0.257 e. The number of hydrogen-bond acceptors (Lipinski definition) is 5. The van der Waals surface area contributed by atoms with Gasteiger partial charge in [-0.3, -0.25) is 9.48 Å². The number of rotatable bonds is 3. The average molecular weight is 333 g/mol. The second-order valence-electron chi connectivity index (χ2n) is 5.91. The van der Waals surface area contributed by atoms with Crippen molar-refractivity contribution in [1.29, 1.82) is 0 Å². The lowest BCUT2D eigenvalue weighted by molar-refractivity contribution is 0.0745. The van der Waals surface area contributed by atoms with Gasteiger partial charge in [0.05, 0.1) is 17.0 Å². The van der Waals surface area contributed by atoms with Gasteiger partial charge in [0.25, 0.3) is 5.91 Å². The van der Waals surface area contributed by atoms with E-state index in [4.69, 9.17) is 0 Å². The fourth-order valence-corrected chi connectivity index (χ4v) is 3.92. The molecular formula is C16H23N5OS. The maximum Gasteiger partial charge on any atom is 0.257 e. The van der Waals surface area contributed by atoms with Gasteiger partial charge in [-0.1, -0.05) is 0 Å². The van der Waals surface area contributed by atoms with E-state index in [1.807, 2.05) is 37.3 Å². The van der Waals surface area contributed by atoms with Crippen LogP contribution in [0.1, 0.15) is 34.4 Å². The van der Waals surface area contributed by atoms with E-state index >= 15 is 0 Å². The quantitative estimate of drug-likeness (QED) is 0.864. The van der Waals surface area contributed by atoms with Crippen molar-refractivity contribution < 1.29 is 4.79 Å². The van der Waals surface area contributed by atoms with Crippen molar-refractivity contribution in [2.75, 3.05) is 31.1 Å². The first-order chi connectivity index (χ1) is 11.0. The Kier molecular flexibility index (Phi) is 4.39. The molecule has 0 aromatic carbocycles. The monoisotopic (exact) mass is 333 g/mol. The molecule has 0 spiro atoms. The van der Waals surface area contributed by atoms with E-state index in [9.17, 15) is 4.79 Å². The van der Waals surface area contributed by atoms with Gasteiger partial charge in [0, 0.05) is 43.8 Å². The van der Waals surface area contributed by atoms with Crippen LogP contribution in [0.15, 0.2) is 5.38 Å². The van der Waals surface area contributed by atoms with Crippen LogP contribution in [0, 0.1) is 20.8 Å². The average Bonchev–Trinajstić information content (AvgIpc) is 3.10. The minimum atomic E-state index is 0.106. The summed E-state index contributed by atoms with van der Waals surface area (Å²) in [5.74, 6) is 0.106. The van der Waals surface area contributed by atoms with Crippen LogP contribution < -0.4 is 4.90 Å². The fourth-order valence-electron chi connectivity index (χ4n) is 3.06.